The minimum atomic E-state index is 0.107. The highest BCUT2D eigenvalue weighted by Gasteiger charge is 2.35. The summed E-state index contributed by atoms with van der Waals surface area (Å²) in [6.07, 6.45) is 10.4. The number of amides is 1. The van der Waals surface area contributed by atoms with Gasteiger partial charge in [-0.15, -0.1) is 0 Å². The molecule has 2 rings (SSSR count). The Labute approximate surface area is 111 Å². The molecule has 1 saturated carbocycles. The molecule has 104 valence electrons. The second-order valence-electron chi connectivity index (χ2n) is 6.02. The van der Waals surface area contributed by atoms with Crippen LogP contribution < -0.4 is 5.73 Å². The van der Waals surface area contributed by atoms with Gasteiger partial charge in [-0.1, -0.05) is 26.2 Å². The van der Waals surface area contributed by atoms with Crippen molar-refractivity contribution < 1.29 is 4.79 Å². The maximum Gasteiger partial charge on any atom is 0.227 e. The Balaban J connectivity index is 2.00. The first-order chi connectivity index (χ1) is 8.74. The van der Waals surface area contributed by atoms with Crippen LogP contribution in [0.3, 0.4) is 0 Å². The standard InChI is InChI=1S/C15H28N2O/c1-2-7-12-8-5-6-11-17(12)15(18)13-9-3-4-10-14(13)16/h12-14H,2-11,16H2,1H3. The van der Waals surface area contributed by atoms with Crippen LogP contribution in [0.25, 0.3) is 0 Å². The SMILES string of the molecule is CCCC1CCCCN1C(=O)C1CCCCC1N. The third-order valence-corrected chi connectivity index (χ3v) is 4.67. The molecule has 1 aliphatic carbocycles. The molecule has 3 heteroatoms. The van der Waals surface area contributed by atoms with Crippen LogP contribution in [0.1, 0.15) is 64.7 Å². The van der Waals surface area contributed by atoms with Crippen molar-refractivity contribution in [2.75, 3.05) is 6.54 Å². The zero-order chi connectivity index (χ0) is 13.0. The molecule has 0 radical (unpaired) electrons. The Morgan fingerprint density at radius 3 is 2.61 bits per heavy atom. The fourth-order valence-corrected chi connectivity index (χ4v) is 3.60. The van der Waals surface area contributed by atoms with E-state index in [9.17, 15) is 4.79 Å². The van der Waals surface area contributed by atoms with Crippen LogP contribution in [0.5, 0.6) is 0 Å². The second kappa shape index (κ2) is 6.55. The molecule has 0 aromatic carbocycles. The first-order valence-corrected chi connectivity index (χ1v) is 7.80. The number of hydrogen-bond acceptors (Lipinski definition) is 2. The normalized spacial score (nSPS) is 33.4. The van der Waals surface area contributed by atoms with Crippen LogP contribution in [-0.4, -0.2) is 29.4 Å². The lowest BCUT2D eigenvalue weighted by molar-refractivity contribution is -0.141. The zero-order valence-electron chi connectivity index (χ0n) is 11.7. The van der Waals surface area contributed by atoms with Crippen molar-refractivity contribution in [3.63, 3.8) is 0 Å². The third-order valence-electron chi connectivity index (χ3n) is 4.67. The number of likely N-dealkylation sites (tertiary alicyclic amines) is 1. The van der Waals surface area contributed by atoms with E-state index in [-0.39, 0.29) is 12.0 Å². The highest BCUT2D eigenvalue weighted by molar-refractivity contribution is 5.80. The molecule has 2 N–H and O–H groups in total. The van der Waals surface area contributed by atoms with E-state index >= 15 is 0 Å². The maximum atomic E-state index is 12.7. The summed E-state index contributed by atoms with van der Waals surface area (Å²) < 4.78 is 0. The topological polar surface area (TPSA) is 46.3 Å². The zero-order valence-corrected chi connectivity index (χ0v) is 11.7. The highest BCUT2D eigenvalue weighted by Crippen LogP contribution is 2.29. The van der Waals surface area contributed by atoms with E-state index in [2.05, 4.69) is 11.8 Å². The van der Waals surface area contributed by atoms with E-state index in [1.54, 1.807) is 0 Å². The molecule has 0 bridgehead atoms. The lowest BCUT2D eigenvalue weighted by Gasteiger charge is -2.40. The molecule has 1 amide bonds. The van der Waals surface area contributed by atoms with Crippen molar-refractivity contribution in [3.8, 4) is 0 Å². The Hall–Kier alpha value is -0.570. The van der Waals surface area contributed by atoms with Gasteiger partial charge in [0.1, 0.15) is 0 Å². The summed E-state index contributed by atoms with van der Waals surface area (Å²) >= 11 is 0. The monoisotopic (exact) mass is 252 g/mol. The lowest BCUT2D eigenvalue weighted by atomic mass is 9.83. The van der Waals surface area contributed by atoms with Crippen LogP contribution in [-0.2, 0) is 4.79 Å². The Morgan fingerprint density at radius 2 is 1.89 bits per heavy atom. The summed E-state index contributed by atoms with van der Waals surface area (Å²) in [5.74, 6) is 0.469. The molecule has 3 atom stereocenters. The van der Waals surface area contributed by atoms with Crippen molar-refractivity contribution in [2.24, 2.45) is 11.7 Å². The van der Waals surface area contributed by atoms with E-state index < -0.39 is 0 Å². The van der Waals surface area contributed by atoms with E-state index in [1.807, 2.05) is 0 Å². The van der Waals surface area contributed by atoms with Gasteiger partial charge in [0.05, 0.1) is 5.92 Å². The number of piperidine rings is 1. The highest BCUT2D eigenvalue weighted by atomic mass is 16.2. The molecule has 2 aliphatic rings. The van der Waals surface area contributed by atoms with E-state index in [0.29, 0.717) is 11.9 Å². The van der Waals surface area contributed by atoms with Crippen LogP contribution in [0.2, 0.25) is 0 Å². The fourth-order valence-electron chi connectivity index (χ4n) is 3.60. The molecular weight excluding hydrogens is 224 g/mol. The Kier molecular flexibility index (Phi) is 5.04. The van der Waals surface area contributed by atoms with Gasteiger partial charge in [-0.25, -0.2) is 0 Å². The predicted octanol–water partition coefficient (Wildman–Crippen LogP) is 2.69. The molecule has 3 unspecified atom stereocenters. The van der Waals surface area contributed by atoms with Gasteiger partial charge in [0.2, 0.25) is 5.91 Å². The summed E-state index contributed by atoms with van der Waals surface area (Å²) in [5, 5.41) is 0. The number of nitrogens with two attached hydrogens (primary N) is 1. The van der Waals surface area contributed by atoms with Crippen molar-refractivity contribution in [3.05, 3.63) is 0 Å². The van der Waals surface area contributed by atoms with Crippen LogP contribution in [0.4, 0.5) is 0 Å². The lowest BCUT2D eigenvalue weighted by Crippen LogP contribution is -2.51. The Morgan fingerprint density at radius 1 is 1.17 bits per heavy atom. The maximum absolute atomic E-state index is 12.7. The number of rotatable bonds is 3. The molecule has 1 aliphatic heterocycles. The van der Waals surface area contributed by atoms with Gasteiger partial charge >= 0.3 is 0 Å². The van der Waals surface area contributed by atoms with Gasteiger partial charge in [0.25, 0.3) is 0 Å². The smallest absolute Gasteiger partial charge is 0.227 e. The molecule has 18 heavy (non-hydrogen) atoms. The van der Waals surface area contributed by atoms with Gasteiger partial charge in [0.15, 0.2) is 0 Å². The van der Waals surface area contributed by atoms with Crippen LogP contribution in [0, 0.1) is 5.92 Å². The largest absolute Gasteiger partial charge is 0.339 e. The quantitative estimate of drug-likeness (QED) is 0.839. The van der Waals surface area contributed by atoms with Crippen LogP contribution >= 0.6 is 0 Å². The fraction of sp³-hybridized carbons (Fsp3) is 0.933. The first kappa shape index (κ1) is 13.9. The van der Waals surface area contributed by atoms with Crippen molar-refractivity contribution in [1.29, 1.82) is 0 Å². The summed E-state index contributed by atoms with van der Waals surface area (Å²) in [6.45, 7) is 3.18. The molecule has 1 saturated heterocycles. The van der Waals surface area contributed by atoms with Gasteiger partial charge in [-0.2, -0.15) is 0 Å². The van der Waals surface area contributed by atoms with E-state index in [4.69, 9.17) is 5.73 Å². The second-order valence-corrected chi connectivity index (χ2v) is 6.02. The molecule has 3 nitrogen and oxygen atoms in total. The molecule has 0 aromatic heterocycles. The molecule has 1 heterocycles. The number of carbonyl (C=O) groups excluding carboxylic acids is 1. The van der Waals surface area contributed by atoms with Crippen LogP contribution in [0.15, 0.2) is 0 Å². The van der Waals surface area contributed by atoms with Crippen molar-refractivity contribution in [1.82, 2.24) is 4.90 Å². The van der Waals surface area contributed by atoms with Gasteiger partial charge in [0, 0.05) is 18.6 Å². The Bertz CT molecular complexity index is 278. The summed E-state index contributed by atoms with van der Waals surface area (Å²) in [5.41, 5.74) is 6.16. The number of nitrogens with zero attached hydrogens (tertiary/aromatic N) is 1. The summed E-state index contributed by atoms with van der Waals surface area (Å²) in [6, 6.07) is 0.598. The molecular formula is C15H28N2O. The first-order valence-electron chi connectivity index (χ1n) is 7.80. The molecule has 0 aromatic rings. The molecule has 2 fully saturated rings. The predicted molar refractivity (Wildman–Crippen MR) is 74.2 cm³/mol. The van der Waals surface area contributed by atoms with Gasteiger partial charge in [-0.3, -0.25) is 4.79 Å². The average Bonchev–Trinajstić information content (AvgIpc) is 2.40. The van der Waals surface area contributed by atoms with E-state index in [0.717, 1.165) is 25.8 Å². The minimum absolute atomic E-state index is 0.107. The molecule has 0 spiro atoms. The number of hydrogen-bond donors (Lipinski definition) is 1. The van der Waals surface area contributed by atoms with Crippen molar-refractivity contribution in [2.45, 2.75) is 76.8 Å². The summed E-state index contributed by atoms with van der Waals surface area (Å²) in [7, 11) is 0. The summed E-state index contributed by atoms with van der Waals surface area (Å²) in [4.78, 5) is 14.9. The number of carbonyl (C=O) groups is 1. The van der Waals surface area contributed by atoms with Gasteiger partial charge < -0.3 is 10.6 Å². The van der Waals surface area contributed by atoms with Crippen molar-refractivity contribution >= 4 is 5.91 Å². The average molecular weight is 252 g/mol. The third kappa shape index (κ3) is 3.05. The van der Waals surface area contributed by atoms with E-state index in [1.165, 1.54) is 38.5 Å². The van der Waals surface area contributed by atoms with Gasteiger partial charge in [-0.05, 0) is 38.5 Å². The minimum Gasteiger partial charge on any atom is -0.339 e.